The number of rotatable bonds is 6. The maximum absolute atomic E-state index is 12.2. The van der Waals surface area contributed by atoms with E-state index in [1.165, 1.54) is 27.0 Å². The van der Waals surface area contributed by atoms with Gasteiger partial charge < -0.3 is 15.4 Å². The van der Waals surface area contributed by atoms with Crippen LogP contribution in [0.5, 0.6) is 5.75 Å². The molecule has 2 aromatic carbocycles. The highest BCUT2D eigenvalue weighted by Crippen LogP contribution is 2.27. The molecule has 0 bridgehead atoms. The van der Waals surface area contributed by atoms with E-state index in [4.69, 9.17) is 16.3 Å². The lowest BCUT2D eigenvalue weighted by Crippen LogP contribution is -2.16. The van der Waals surface area contributed by atoms with Crippen LogP contribution in [0, 0.1) is 0 Å². The number of anilines is 2. The summed E-state index contributed by atoms with van der Waals surface area (Å²) in [5.41, 5.74) is 1.79. The average Bonchev–Trinajstić information content (AvgIpc) is 2.62. The summed E-state index contributed by atoms with van der Waals surface area (Å²) in [6.07, 6.45) is 1.19. The summed E-state index contributed by atoms with van der Waals surface area (Å²) in [4.78, 5) is 35.5. The fourth-order valence-corrected chi connectivity index (χ4v) is 2.46. The summed E-state index contributed by atoms with van der Waals surface area (Å²) in [5, 5.41) is 5.66. The van der Waals surface area contributed by atoms with E-state index in [1.807, 2.05) is 0 Å². The summed E-state index contributed by atoms with van der Waals surface area (Å²) >= 11 is 6.01. The Labute approximate surface area is 162 Å². The minimum absolute atomic E-state index is 0.0562. The quantitative estimate of drug-likeness (QED) is 0.578. The molecule has 2 amide bonds. The Morgan fingerprint density at radius 1 is 0.963 bits per heavy atom. The topological polar surface area (TPSA) is 84.5 Å². The van der Waals surface area contributed by atoms with Crippen LogP contribution in [0.15, 0.2) is 54.1 Å². The summed E-state index contributed by atoms with van der Waals surface area (Å²) in [7, 11) is 1.50. The van der Waals surface area contributed by atoms with Crippen molar-refractivity contribution in [3.63, 3.8) is 0 Å². The second-order valence-electron chi connectivity index (χ2n) is 5.75. The Morgan fingerprint density at radius 2 is 1.59 bits per heavy atom. The van der Waals surface area contributed by atoms with Crippen LogP contribution in [0.1, 0.15) is 24.2 Å². The molecule has 0 aliphatic carbocycles. The molecule has 2 N–H and O–H groups in total. The van der Waals surface area contributed by atoms with E-state index in [1.54, 1.807) is 42.5 Å². The highest BCUT2D eigenvalue weighted by molar-refractivity contribution is 6.32. The average molecular weight is 387 g/mol. The first kappa shape index (κ1) is 20.2. The van der Waals surface area contributed by atoms with Crippen LogP contribution >= 0.6 is 11.6 Å². The minimum atomic E-state index is -0.462. The van der Waals surface area contributed by atoms with Gasteiger partial charge >= 0.3 is 0 Å². The molecule has 2 aromatic rings. The summed E-state index contributed by atoms with van der Waals surface area (Å²) in [5.74, 6) is -0.444. The van der Waals surface area contributed by atoms with Crippen molar-refractivity contribution >= 4 is 40.6 Å². The second-order valence-corrected chi connectivity index (χ2v) is 6.16. The van der Waals surface area contributed by atoms with E-state index in [9.17, 15) is 14.4 Å². The monoisotopic (exact) mass is 386 g/mol. The van der Waals surface area contributed by atoms with Gasteiger partial charge in [-0.2, -0.15) is 0 Å². The summed E-state index contributed by atoms with van der Waals surface area (Å²) in [6.45, 7) is 2.99. The van der Waals surface area contributed by atoms with Gasteiger partial charge in [-0.15, -0.1) is 0 Å². The van der Waals surface area contributed by atoms with Gasteiger partial charge in [0.05, 0.1) is 12.1 Å². The van der Waals surface area contributed by atoms with Crippen LogP contribution in [-0.4, -0.2) is 24.7 Å². The lowest BCUT2D eigenvalue weighted by atomic mass is 10.1. The molecule has 0 radical (unpaired) electrons. The Balaban J connectivity index is 2.00. The molecule has 0 saturated heterocycles. The smallest absolute Gasteiger partial charge is 0.251 e. The van der Waals surface area contributed by atoms with Gasteiger partial charge in [0.15, 0.2) is 5.78 Å². The maximum atomic E-state index is 12.2. The number of ketones is 1. The SMILES string of the molecule is COc1ccc(NC(=O)/C=C(/C)C(=O)Nc2ccc(C(C)=O)cc2)cc1Cl. The van der Waals surface area contributed by atoms with Gasteiger partial charge in [-0.25, -0.2) is 0 Å². The van der Waals surface area contributed by atoms with Crippen LogP contribution in [0.3, 0.4) is 0 Å². The van der Waals surface area contributed by atoms with Crippen molar-refractivity contribution in [3.8, 4) is 5.75 Å². The molecule has 2 rings (SSSR count). The standard InChI is InChI=1S/C20H19ClN2O4/c1-12(20(26)23-15-6-4-14(5-7-15)13(2)24)10-19(25)22-16-8-9-18(27-3)17(21)11-16/h4-11H,1-3H3,(H,22,25)(H,23,26)/b12-10-. The molecule has 0 spiro atoms. The predicted molar refractivity (Wildman–Crippen MR) is 105 cm³/mol. The number of carbonyl (C=O) groups excluding carboxylic acids is 3. The molecule has 0 saturated carbocycles. The molecule has 0 heterocycles. The van der Waals surface area contributed by atoms with E-state index < -0.39 is 11.8 Å². The number of hydrogen-bond acceptors (Lipinski definition) is 4. The molecule has 27 heavy (non-hydrogen) atoms. The summed E-state index contributed by atoms with van der Waals surface area (Å²) in [6, 6.07) is 11.3. The molecule has 0 unspecified atom stereocenters. The molecule has 6 nitrogen and oxygen atoms in total. The fourth-order valence-electron chi connectivity index (χ4n) is 2.20. The third kappa shape index (κ3) is 5.69. The van der Waals surface area contributed by atoms with Gasteiger partial charge in [0, 0.05) is 28.6 Å². The fraction of sp³-hybridized carbons (Fsp3) is 0.150. The molecule has 7 heteroatoms. The number of ether oxygens (including phenoxy) is 1. The van der Waals surface area contributed by atoms with Crippen LogP contribution < -0.4 is 15.4 Å². The zero-order valence-electron chi connectivity index (χ0n) is 15.1. The molecule has 0 aromatic heterocycles. The molecule has 0 aliphatic heterocycles. The van der Waals surface area contributed by atoms with Crippen LogP contribution in [0.4, 0.5) is 11.4 Å². The molecular weight excluding hydrogens is 368 g/mol. The number of methoxy groups -OCH3 is 1. The first-order chi connectivity index (χ1) is 12.8. The van der Waals surface area contributed by atoms with Crippen LogP contribution in [0.25, 0.3) is 0 Å². The van der Waals surface area contributed by atoms with E-state index in [-0.39, 0.29) is 11.4 Å². The van der Waals surface area contributed by atoms with Gasteiger partial charge in [-0.05, 0) is 56.3 Å². The maximum Gasteiger partial charge on any atom is 0.251 e. The van der Waals surface area contributed by atoms with Crippen molar-refractivity contribution in [2.24, 2.45) is 0 Å². The lowest BCUT2D eigenvalue weighted by molar-refractivity contribution is -0.114. The highest BCUT2D eigenvalue weighted by Gasteiger charge is 2.09. The predicted octanol–water partition coefficient (Wildman–Crippen LogP) is 4.07. The molecule has 0 atom stereocenters. The number of Topliss-reactive ketones (excluding diaryl/α,β-unsaturated/α-hetero) is 1. The number of carbonyl (C=O) groups is 3. The van der Waals surface area contributed by atoms with E-state index in [0.29, 0.717) is 27.7 Å². The van der Waals surface area contributed by atoms with Crippen LogP contribution in [0.2, 0.25) is 5.02 Å². The van der Waals surface area contributed by atoms with Crippen molar-refractivity contribution in [2.75, 3.05) is 17.7 Å². The lowest BCUT2D eigenvalue weighted by Gasteiger charge is -2.08. The number of nitrogens with one attached hydrogen (secondary N) is 2. The Kier molecular flexibility index (Phi) is 6.73. The van der Waals surface area contributed by atoms with Gasteiger partial charge in [0.25, 0.3) is 5.91 Å². The normalized spacial score (nSPS) is 10.9. The highest BCUT2D eigenvalue weighted by atomic mass is 35.5. The van der Waals surface area contributed by atoms with Crippen LogP contribution in [-0.2, 0) is 9.59 Å². The van der Waals surface area contributed by atoms with Gasteiger partial charge in [0.1, 0.15) is 5.75 Å². The van der Waals surface area contributed by atoms with Crippen molar-refractivity contribution < 1.29 is 19.1 Å². The minimum Gasteiger partial charge on any atom is -0.495 e. The number of benzene rings is 2. The second kappa shape index (κ2) is 9.00. The molecular formula is C20H19ClN2O4. The van der Waals surface area contributed by atoms with E-state index in [0.717, 1.165) is 0 Å². The van der Waals surface area contributed by atoms with E-state index in [2.05, 4.69) is 10.6 Å². The van der Waals surface area contributed by atoms with Crippen molar-refractivity contribution in [1.82, 2.24) is 0 Å². The first-order valence-electron chi connectivity index (χ1n) is 8.05. The Bertz CT molecular complexity index is 905. The van der Waals surface area contributed by atoms with Gasteiger partial charge in [0.2, 0.25) is 5.91 Å². The number of hydrogen-bond donors (Lipinski definition) is 2. The Morgan fingerprint density at radius 3 is 2.15 bits per heavy atom. The van der Waals surface area contributed by atoms with Gasteiger partial charge in [-0.3, -0.25) is 14.4 Å². The molecule has 140 valence electrons. The van der Waals surface area contributed by atoms with Crippen molar-refractivity contribution in [2.45, 2.75) is 13.8 Å². The van der Waals surface area contributed by atoms with E-state index >= 15 is 0 Å². The van der Waals surface area contributed by atoms with Crippen molar-refractivity contribution in [3.05, 3.63) is 64.7 Å². The summed E-state index contributed by atoms with van der Waals surface area (Å²) < 4.78 is 5.05. The molecule has 0 fully saturated rings. The largest absolute Gasteiger partial charge is 0.495 e. The van der Waals surface area contributed by atoms with Gasteiger partial charge in [-0.1, -0.05) is 11.6 Å². The van der Waals surface area contributed by atoms with Crippen molar-refractivity contribution in [1.29, 1.82) is 0 Å². The number of halogens is 1. The third-order valence-corrected chi connectivity index (χ3v) is 3.97. The zero-order valence-corrected chi connectivity index (χ0v) is 15.9. The zero-order chi connectivity index (χ0) is 20.0. The number of amides is 2. The Hall–Kier alpha value is -3.12. The molecule has 0 aliphatic rings. The first-order valence-corrected chi connectivity index (χ1v) is 8.43. The third-order valence-electron chi connectivity index (χ3n) is 3.67.